The first kappa shape index (κ1) is 21.0. The summed E-state index contributed by atoms with van der Waals surface area (Å²) in [6.07, 6.45) is 0. The summed E-state index contributed by atoms with van der Waals surface area (Å²) in [5, 5.41) is 3.84. The Morgan fingerprint density at radius 2 is 1.79 bits per heavy atom. The second-order valence-corrected chi connectivity index (χ2v) is 8.38. The van der Waals surface area contributed by atoms with Crippen molar-refractivity contribution in [2.45, 2.75) is 12.1 Å². The van der Waals surface area contributed by atoms with Crippen molar-refractivity contribution in [1.29, 1.82) is 0 Å². The number of amides is 1. The first-order chi connectivity index (χ1) is 16.0. The lowest BCUT2D eigenvalue weighted by molar-refractivity contribution is -0.113. The van der Waals surface area contributed by atoms with Crippen LogP contribution < -0.4 is 10.9 Å². The third kappa shape index (κ3) is 4.01. The number of thioether (sulfide) groups is 1. The van der Waals surface area contributed by atoms with Crippen LogP contribution in [0.3, 0.4) is 0 Å². The van der Waals surface area contributed by atoms with E-state index in [9.17, 15) is 14.0 Å². The molecule has 0 bridgehead atoms. The van der Waals surface area contributed by atoms with Crippen molar-refractivity contribution in [2.75, 3.05) is 11.1 Å². The molecule has 5 aromatic rings. The molecule has 0 fully saturated rings. The number of hydrogen-bond acceptors (Lipinski definition) is 5. The fourth-order valence-electron chi connectivity index (χ4n) is 3.61. The highest BCUT2D eigenvalue weighted by atomic mass is 32.2. The van der Waals surface area contributed by atoms with Crippen LogP contribution in [-0.2, 0) is 4.79 Å². The van der Waals surface area contributed by atoms with Crippen LogP contribution in [0.15, 0.2) is 87.2 Å². The van der Waals surface area contributed by atoms with E-state index < -0.39 is 0 Å². The molecule has 0 saturated heterocycles. The summed E-state index contributed by atoms with van der Waals surface area (Å²) in [7, 11) is 0. The highest BCUT2D eigenvalue weighted by Gasteiger charge is 2.20. The Labute approximate surface area is 192 Å². The molecule has 164 valence electrons. The van der Waals surface area contributed by atoms with Crippen LogP contribution in [0.2, 0.25) is 0 Å². The van der Waals surface area contributed by atoms with E-state index in [-0.39, 0.29) is 28.6 Å². The molecule has 8 heteroatoms. The number of para-hydroxylation sites is 2. The first-order valence-corrected chi connectivity index (χ1v) is 11.2. The highest BCUT2D eigenvalue weighted by Crippen LogP contribution is 2.29. The molecule has 0 saturated carbocycles. The molecule has 0 spiro atoms. The van der Waals surface area contributed by atoms with E-state index in [0.29, 0.717) is 27.6 Å². The summed E-state index contributed by atoms with van der Waals surface area (Å²) in [5.41, 5.74) is 2.90. The van der Waals surface area contributed by atoms with E-state index >= 15 is 0 Å². The molecule has 2 heterocycles. The van der Waals surface area contributed by atoms with E-state index in [1.807, 2.05) is 49.4 Å². The molecule has 0 atom stereocenters. The van der Waals surface area contributed by atoms with Crippen molar-refractivity contribution in [3.05, 3.63) is 94.5 Å². The van der Waals surface area contributed by atoms with Gasteiger partial charge in [0.05, 0.1) is 11.4 Å². The third-order valence-corrected chi connectivity index (χ3v) is 6.12. The van der Waals surface area contributed by atoms with Crippen LogP contribution in [0, 0.1) is 12.7 Å². The van der Waals surface area contributed by atoms with E-state index in [2.05, 4.69) is 5.32 Å². The highest BCUT2D eigenvalue weighted by molar-refractivity contribution is 7.99. The molecule has 0 unspecified atom stereocenters. The topological polar surface area (TPSA) is 77.1 Å². The average Bonchev–Trinajstić information content (AvgIpc) is 3.19. The second kappa shape index (κ2) is 8.55. The Morgan fingerprint density at radius 3 is 2.58 bits per heavy atom. The van der Waals surface area contributed by atoms with Crippen LogP contribution >= 0.6 is 11.8 Å². The van der Waals surface area contributed by atoms with E-state index in [1.165, 1.54) is 28.8 Å². The molecule has 0 aliphatic carbocycles. The smallest absolute Gasteiger partial charge is 0.302 e. The number of rotatable bonds is 5. The van der Waals surface area contributed by atoms with Crippen LogP contribution in [0.1, 0.15) is 5.56 Å². The van der Waals surface area contributed by atoms with Gasteiger partial charge in [0.15, 0.2) is 5.16 Å². The minimum atomic E-state index is -0.380. The molecule has 0 aliphatic rings. The maximum absolute atomic E-state index is 13.5. The average molecular weight is 460 g/mol. The molecule has 0 radical (unpaired) electrons. The van der Waals surface area contributed by atoms with Crippen LogP contribution in [0.25, 0.3) is 27.8 Å². The maximum Gasteiger partial charge on any atom is 0.302 e. The van der Waals surface area contributed by atoms with Crippen molar-refractivity contribution in [2.24, 2.45) is 0 Å². The molecule has 3 aromatic carbocycles. The summed E-state index contributed by atoms with van der Waals surface area (Å²) < 4.78 is 20.4. The van der Waals surface area contributed by atoms with Gasteiger partial charge in [0.2, 0.25) is 11.5 Å². The molecule has 0 aliphatic heterocycles. The zero-order valence-corrected chi connectivity index (χ0v) is 18.4. The second-order valence-electron chi connectivity index (χ2n) is 7.44. The molecule has 6 nitrogen and oxygen atoms in total. The zero-order valence-electron chi connectivity index (χ0n) is 17.5. The minimum Gasteiger partial charge on any atom is -0.448 e. The number of fused-ring (bicyclic) bond motifs is 3. The lowest BCUT2D eigenvalue weighted by atomic mass is 10.2. The van der Waals surface area contributed by atoms with Gasteiger partial charge in [-0.15, -0.1) is 0 Å². The van der Waals surface area contributed by atoms with Crippen LogP contribution in [0.5, 0.6) is 0 Å². The Hall–Kier alpha value is -3.91. The van der Waals surface area contributed by atoms with Gasteiger partial charge in [0.1, 0.15) is 16.9 Å². The summed E-state index contributed by atoms with van der Waals surface area (Å²) >= 11 is 1.15. The minimum absolute atomic E-state index is 0.0109. The standard InChI is InChI=1S/C25H18FN3O3S/c1-15-6-2-4-8-19(15)29-24(31)23-22(18-7-3-5-9-20(18)32-23)28-25(29)33-14-21(30)27-17-12-10-16(26)11-13-17/h2-13H,14H2,1H3,(H,27,30). The number of carbonyl (C=O) groups excluding carboxylic acids is 1. The van der Waals surface area contributed by atoms with Gasteiger partial charge in [0, 0.05) is 11.1 Å². The van der Waals surface area contributed by atoms with Gasteiger partial charge in [-0.1, -0.05) is 42.1 Å². The van der Waals surface area contributed by atoms with Gasteiger partial charge < -0.3 is 9.73 Å². The predicted octanol–water partition coefficient (Wildman–Crippen LogP) is 5.31. The van der Waals surface area contributed by atoms with E-state index in [0.717, 1.165) is 22.7 Å². The lowest BCUT2D eigenvalue weighted by Gasteiger charge is -2.13. The molecule has 33 heavy (non-hydrogen) atoms. The number of aryl methyl sites for hydroxylation is 1. The third-order valence-electron chi connectivity index (χ3n) is 5.18. The van der Waals surface area contributed by atoms with Gasteiger partial charge in [-0.25, -0.2) is 9.37 Å². The molecular formula is C25H18FN3O3S. The fraction of sp³-hybridized carbons (Fsp3) is 0.0800. The van der Waals surface area contributed by atoms with Crippen molar-refractivity contribution in [3.8, 4) is 5.69 Å². The van der Waals surface area contributed by atoms with Crippen molar-refractivity contribution in [3.63, 3.8) is 0 Å². The van der Waals surface area contributed by atoms with Gasteiger partial charge in [-0.2, -0.15) is 0 Å². The monoisotopic (exact) mass is 459 g/mol. The molecule has 5 rings (SSSR count). The van der Waals surface area contributed by atoms with Crippen LogP contribution in [0.4, 0.5) is 10.1 Å². The number of benzene rings is 3. The van der Waals surface area contributed by atoms with E-state index in [1.54, 1.807) is 6.07 Å². The number of aromatic nitrogens is 2. The van der Waals surface area contributed by atoms with Gasteiger partial charge >= 0.3 is 5.56 Å². The number of nitrogens with one attached hydrogen (secondary N) is 1. The number of carbonyl (C=O) groups is 1. The molecule has 2 aromatic heterocycles. The summed E-state index contributed by atoms with van der Waals surface area (Å²) in [6.45, 7) is 1.90. The van der Waals surface area contributed by atoms with Crippen LogP contribution in [-0.4, -0.2) is 21.2 Å². The van der Waals surface area contributed by atoms with Crippen molar-refractivity contribution >= 4 is 45.4 Å². The van der Waals surface area contributed by atoms with Crippen molar-refractivity contribution in [1.82, 2.24) is 9.55 Å². The lowest BCUT2D eigenvalue weighted by Crippen LogP contribution is -2.23. The number of hydrogen-bond donors (Lipinski definition) is 1. The van der Waals surface area contributed by atoms with Gasteiger partial charge in [-0.3, -0.25) is 14.2 Å². The normalized spacial score (nSPS) is 11.2. The summed E-state index contributed by atoms with van der Waals surface area (Å²) in [5.74, 6) is -0.666. The Morgan fingerprint density at radius 1 is 1.06 bits per heavy atom. The first-order valence-electron chi connectivity index (χ1n) is 10.2. The number of anilines is 1. The predicted molar refractivity (Wildman–Crippen MR) is 128 cm³/mol. The Kier molecular flexibility index (Phi) is 5.43. The number of halogens is 1. The maximum atomic E-state index is 13.5. The van der Waals surface area contributed by atoms with Crippen molar-refractivity contribution < 1.29 is 13.6 Å². The Balaban J connectivity index is 1.57. The van der Waals surface area contributed by atoms with Gasteiger partial charge in [0.25, 0.3) is 0 Å². The van der Waals surface area contributed by atoms with Gasteiger partial charge in [-0.05, 0) is 55.0 Å². The van der Waals surface area contributed by atoms with E-state index in [4.69, 9.17) is 9.40 Å². The SMILES string of the molecule is Cc1ccccc1-n1c(SCC(=O)Nc2ccc(F)cc2)nc2c(oc3ccccc32)c1=O. The number of nitrogens with zero attached hydrogens (tertiary/aromatic N) is 2. The number of furan rings is 1. The fourth-order valence-corrected chi connectivity index (χ4v) is 4.40. The molecule has 1 N–H and O–H groups in total. The zero-order chi connectivity index (χ0) is 22.9. The largest absolute Gasteiger partial charge is 0.448 e. The summed E-state index contributed by atoms with van der Waals surface area (Å²) in [4.78, 5) is 30.8. The molecule has 1 amide bonds. The Bertz CT molecular complexity index is 1560. The summed E-state index contributed by atoms with van der Waals surface area (Å²) in [6, 6.07) is 20.3. The quantitative estimate of drug-likeness (QED) is 0.285. The molecular weight excluding hydrogens is 441 g/mol.